The molecule has 0 saturated heterocycles. The second kappa shape index (κ2) is 7.46. The van der Waals surface area contributed by atoms with Crippen molar-refractivity contribution in [2.24, 2.45) is 10.8 Å². The Morgan fingerprint density at radius 3 is 2.94 bits per heavy atom. The molecule has 1 atom stereocenters. The number of nitrogens with two attached hydrogens (primary N) is 1. The molecule has 0 aliphatic rings. The van der Waals surface area contributed by atoms with Gasteiger partial charge in [0.2, 0.25) is 5.96 Å². The van der Waals surface area contributed by atoms with Crippen molar-refractivity contribution in [3.05, 3.63) is 27.8 Å². The summed E-state index contributed by atoms with van der Waals surface area (Å²) in [6, 6.07) is 7.99. The Kier molecular flexibility index (Phi) is 6.23. The van der Waals surface area contributed by atoms with Crippen LogP contribution in [0.1, 0.15) is 6.92 Å². The predicted molar refractivity (Wildman–Crippen MR) is 78.9 cm³/mol. The number of aliphatic imine (C=N–C) groups is 1. The molecule has 0 spiro atoms. The second-order valence-corrected chi connectivity index (χ2v) is 4.81. The minimum Gasteiger partial charge on any atom is -0.382 e. The third-order valence-corrected chi connectivity index (χ3v) is 2.65. The summed E-state index contributed by atoms with van der Waals surface area (Å²) in [4.78, 5) is 4.35. The van der Waals surface area contributed by atoms with E-state index in [1.807, 2.05) is 31.2 Å². The van der Waals surface area contributed by atoms with Crippen molar-refractivity contribution >= 4 is 34.2 Å². The Labute approximate surface area is 115 Å². The first-order chi connectivity index (χ1) is 8.15. The number of methoxy groups -OCH3 is 1. The van der Waals surface area contributed by atoms with Crippen LogP contribution in [-0.4, -0.2) is 25.7 Å². The van der Waals surface area contributed by atoms with Gasteiger partial charge >= 0.3 is 0 Å². The number of guanidine groups is 1. The third kappa shape index (κ3) is 5.33. The van der Waals surface area contributed by atoms with Gasteiger partial charge in [0.15, 0.2) is 0 Å². The lowest BCUT2D eigenvalue weighted by Crippen LogP contribution is -2.37. The molecule has 0 amide bonds. The smallest absolute Gasteiger partial charge is 0.210 e. The van der Waals surface area contributed by atoms with Crippen LogP contribution >= 0.6 is 22.6 Å². The Morgan fingerprint density at radius 2 is 2.35 bits per heavy atom. The van der Waals surface area contributed by atoms with Crippen LogP contribution in [0.3, 0.4) is 0 Å². The van der Waals surface area contributed by atoms with E-state index in [-0.39, 0.29) is 6.04 Å². The highest BCUT2D eigenvalue weighted by molar-refractivity contribution is 14.1. The molecule has 0 saturated carbocycles. The predicted octanol–water partition coefficient (Wildman–Crippen LogP) is 1.56. The largest absolute Gasteiger partial charge is 0.382 e. The number of hydrogen-bond donors (Lipinski definition) is 3. The number of ether oxygens (including phenoxy) is 1. The molecule has 94 valence electrons. The van der Waals surface area contributed by atoms with Gasteiger partial charge in [-0.2, -0.15) is 0 Å². The zero-order valence-corrected chi connectivity index (χ0v) is 12.1. The van der Waals surface area contributed by atoms with Crippen LogP contribution in [0.15, 0.2) is 29.3 Å². The van der Waals surface area contributed by atoms with Crippen molar-refractivity contribution < 1.29 is 4.74 Å². The molecule has 17 heavy (non-hydrogen) atoms. The lowest BCUT2D eigenvalue weighted by Gasteiger charge is -2.12. The standard InChI is InChI=1S/C11H17IN4O/c1-8(7-17-2)14-11(16-13)15-10-5-3-4-9(12)6-10/h3-6,8H,7,13H2,1-2H3,(H2,14,15,16). The number of hydrogen-bond acceptors (Lipinski definition) is 3. The summed E-state index contributed by atoms with van der Waals surface area (Å²) in [6.07, 6.45) is 0. The first-order valence-corrected chi connectivity index (χ1v) is 6.29. The maximum Gasteiger partial charge on any atom is 0.210 e. The molecule has 4 N–H and O–H groups in total. The Morgan fingerprint density at radius 1 is 1.59 bits per heavy atom. The van der Waals surface area contributed by atoms with E-state index in [9.17, 15) is 0 Å². The third-order valence-electron chi connectivity index (χ3n) is 1.98. The molecule has 1 unspecified atom stereocenters. The summed E-state index contributed by atoms with van der Waals surface area (Å²) >= 11 is 2.25. The highest BCUT2D eigenvalue weighted by atomic mass is 127. The quantitative estimate of drug-likeness (QED) is 0.254. The molecular formula is C11H17IN4O. The molecule has 0 aliphatic carbocycles. The van der Waals surface area contributed by atoms with Gasteiger partial charge in [-0.25, -0.2) is 10.8 Å². The van der Waals surface area contributed by atoms with Crippen molar-refractivity contribution in [1.82, 2.24) is 5.43 Å². The van der Waals surface area contributed by atoms with Crippen LogP contribution < -0.4 is 16.6 Å². The van der Waals surface area contributed by atoms with Gasteiger partial charge in [0.1, 0.15) is 0 Å². The van der Waals surface area contributed by atoms with Crippen LogP contribution in [0, 0.1) is 3.57 Å². The minimum absolute atomic E-state index is 0.0429. The molecule has 0 heterocycles. The van der Waals surface area contributed by atoms with Gasteiger partial charge in [-0.3, -0.25) is 5.43 Å². The maximum atomic E-state index is 5.42. The van der Waals surface area contributed by atoms with Crippen LogP contribution in [0.5, 0.6) is 0 Å². The first-order valence-electron chi connectivity index (χ1n) is 5.21. The lowest BCUT2D eigenvalue weighted by atomic mass is 10.3. The van der Waals surface area contributed by atoms with E-state index in [2.05, 4.69) is 38.3 Å². The summed E-state index contributed by atoms with van der Waals surface area (Å²) in [5.41, 5.74) is 3.48. The molecule has 1 rings (SSSR count). The molecule has 0 aromatic heterocycles. The summed E-state index contributed by atoms with van der Waals surface area (Å²) in [6.45, 7) is 2.51. The van der Waals surface area contributed by atoms with Crippen molar-refractivity contribution in [1.29, 1.82) is 0 Å². The van der Waals surface area contributed by atoms with Gasteiger partial charge in [0, 0.05) is 16.4 Å². The van der Waals surface area contributed by atoms with Crippen LogP contribution in [0.2, 0.25) is 0 Å². The fraction of sp³-hybridized carbons (Fsp3) is 0.364. The highest BCUT2D eigenvalue weighted by Gasteiger charge is 2.02. The molecule has 0 aliphatic heterocycles. The Hall–Kier alpha value is -0.860. The molecule has 0 bridgehead atoms. The summed E-state index contributed by atoms with van der Waals surface area (Å²) in [7, 11) is 1.65. The maximum absolute atomic E-state index is 5.42. The summed E-state index contributed by atoms with van der Waals surface area (Å²) in [5.74, 6) is 5.94. The molecule has 1 aromatic rings. The number of nitrogens with one attached hydrogen (secondary N) is 2. The number of rotatable bonds is 4. The van der Waals surface area contributed by atoms with Gasteiger partial charge in [-0.1, -0.05) is 6.07 Å². The van der Waals surface area contributed by atoms with E-state index in [4.69, 9.17) is 10.6 Å². The number of anilines is 1. The molecule has 0 fully saturated rings. The normalized spacial score (nSPS) is 13.3. The van der Waals surface area contributed by atoms with Gasteiger partial charge in [0.05, 0.1) is 12.6 Å². The Balaban J connectivity index is 2.69. The van der Waals surface area contributed by atoms with E-state index in [0.29, 0.717) is 12.6 Å². The fourth-order valence-corrected chi connectivity index (χ4v) is 1.85. The second-order valence-electron chi connectivity index (χ2n) is 3.56. The zero-order chi connectivity index (χ0) is 12.7. The molecule has 0 radical (unpaired) electrons. The van der Waals surface area contributed by atoms with Crippen LogP contribution in [-0.2, 0) is 4.74 Å². The number of nitrogens with zero attached hydrogens (tertiary/aromatic N) is 1. The number of benzene rings is 1. The number of hydrazine groups is 1. The molecule has 5 nitrogen and oxygen atoms in total. The monoisotopic (exact) mass is 348 g/mol. The van der Waals surface area contributed by atoms with Crippen molar-refractivity contribution in [2.75, 3.05) is 19.0 Å². The van der Waals surface area contributed by atoms with Gasteiger partial charge < -0.3 is 10.1 Å². The van der Waals surface area contributed by atoms with Gasteiger partial charge in [0.25, 0.3) is 0 Å². The minimum atomic E-state index is 0.0429. The zero-order valence-electron chi connectivity index (χ0n) is 9.90. The topological polar surface area (TPSA) is 71.7 Å². The van der Waals surface area contributed by atoms with Gasteiger partial charge in [-0.05, 0) is 47.7 Å². The molecule has 1 aromatic carbocycles. The summed E-state index contributed by atoms with van der Waals surface area (Å²) < 4.78 is 6.16. The van der Waals surface area contributed by atoms with Crippen molar-refractivity contribution in [2.45, 2.75) is 13.0 Å². The van der Waals surface area contributed by atoms with E-state index in [1.165, 1.54) is 0 Å². The molecular weight excluding hydrogens is 331 g/mol. The molecule has 6 heteroatoms. The summed E-state index contributed by atoms with van der Waals surface area (Å²) in [5, 5.41) is 3.11. The lowest BCUT2D eigenvalue weighted by molar-refractivity contribution is 0.185. The van der Waals surface area contributed by atoms with Crippen LogP contribution in [0.4, 0.5) is 5.69 Å². The van der Waals surface area contributed by atoms with E-state index < -0.39 is 0 Å². The van der Waals surface area contributed by atoms with Crippen LogP contribution in [0.25, 0.3) is 0 Å². The average molecular weight is 348 g/mol. The van der Waals surface area contributed by atoms with Crippen molar-refractivity contribution in [3.63, 3.8) is 0 Å². The van der Waals surface area contributed by atoms with E-state index in [1.54, 1.807) is 7.11 Å². The SMILES string of the molecule is COCC(C)N=C(NN)Nc1cccc(I)c1. The van der Waals surface area contributed by atoms with Gasteiger partial charge in [-0.15, -0.1) is 0 Å². The van der Waals surface area contributed by atoms with E-state index >= 15 is 0 Å². The van der Waals surface area contributed by atoms with Crippen molar-refractivity contribution in [3.8, 4) is 0 Å². The average Bonchev–Trinajstić information content (AvgIpc) is 2.28. The first kappa shape index (κ1) is 14.2. The highest BCUT2D eigenvalue weighted by Crippen LogP contribution is 2.12. The Bertz CT molecular complexity index is 383. The number of halogens is 1. The van der Waals surface area contributed by atoms with E-state index in [0.717, 1.165) is 9.26 Å². The fourth-order valence-electron chi connectivity index (χ4n) is 1.31.